The molecule has 3 nitrogen and oxygen atoms in total. The van der Waals surface area contributed by atoms with E-state index in [1.165, 1.54) is 7.11 Å². The van der Waals surface area contributed by atoms with Crippen molar-refractivity contribution in [2.45, 2.75) is 28.7 Å². The zero-order valence-corrected chi connectivity index (χ0v) is 10.5. The summed E-state index contributed by atoms with van der Waals surface area (Å²) < 4.78 is 5.68. The number of ether oxygens (including phenoxy) is 1. The number of Topliss-reactive ketones (excluding diaryl/α,β-unsaturated/α-hetero) is 1. The second kappa shape index (κ2) is 5.01. The largest absolute Gasteiger partial charge is 0.469 e. The van der Waals surface area contributed by atoms with Crippen LogP contribution in [0.2, 0.25) is 0 Å². The number of carbonyl (C=O) groups excluding carboxylic acids is 2. The maximum atomic E-state index is 11.7. The van der Waals surface area contributed by atoms with Gasteiger partial charge in [0.25, 0.3) is 0 Å². The standard InChI is InChI=1S/C11H12O3S2/c1-14-10(13)3-2-7-6-9(12)8-4-5-15-11(8)16-7/h4-5,7H,2-3,6H2,1H3. The quantitative estimate of drug-likeness (QED) is 0.780. The molecule has 86 valence electrons. The summed E-state index contributed by atoms with van der Waals surface area (Å²) in [6.07, 6.45) is 1.63. The van der Waals surface area contributed by atoms with Crippen LogP contribution in [-0.2, 0) is 9.53 Å². The Labute approximate surface area is 102 Å². The predicted molar refractivity (Wildman–Crippen MR) is 64.2 cm³/mol. The van der Waals surface area contributed by atoms with E-state index >= 15 is 0 Å². The highest BCUT2D eigenvalue weighted by atomic mass is 32.2. The van der Waals surface area contributed by atoms with Crippen molar-refractivity contribution in [1.82, 2.24) is 0 Å². The van der Waals surface area contributed by atoms with E-state index in [2.05, 4.69) is 4.74 Å². The normalized spacial score (nSPS) is 19.3. The lowest BCUT2D eigenvalue weighted by molar-refractivity contribution is -0.140. The van der Waals surface area contributed by atoms with Gasteiger partial charge in [-0.25, -0.2) is 0 Å². The number of carbonyl (C=O) groups is 2. The number of esters is 1. The van der Waals surface area contributed by atoms with Crippen molar-refractivity contribution in [2.75, 3.05) is 7.11 Å². The molecule has 0 radical (unpaired) electrons. The maximum absolute atomic E-state index is 11.7. The molecule has 0 fully saturated rings. The van der Waals surface area contributed by atoms with Crippen molar-refractivity contribution in [3.63, 3.8) is 0 Å². The first-order chi connectivity index (χ1) is 7.70. The number of methoxy groups -OCH3 is 1. The molecule has 1 aliphatic rings. The molecule has 0 aliphatic carbocycles. The molecule has 0 saturated carbocycles. The van der Waals surface area contributed by atoms with Crippen molar-refractivity contribution in [3.05, 3.63) is 17.0 Å². The van der Waals surface area contributed by atoms with Crippen LogP contribution < -0.4 is 0 Å². The summed E-state index contributed by atoms with van der Waals surface area (Å²) in [6.45, 7) is 0. The van der Waals surface area contributed by atoms with Crippen LogP contribution in [-0.4, -0.2) is 24.1 Å². The van der Waals surface area contributed by atoms with Gasteiger partial charge >= 0.3 is 5.97 Å². The summed E-state index contributed by atoms with van der Waals surface area (Å²) in [5.41, 5.74) is 0.851. The third kappa shape index (κ3) is 2.47. The highest BCUT2D eigenvalue weighted by Gasteiger charge is 2.26. The molecular formula is C11H12O3S2. The number of hydrogen-bond acceptors (Lipinski definition) is 5. The minimum Gasteiger partial charge on any atom is -0.469 e. The fourth-order valence-electron chi connectivity index (χ4n) is 1.65. The van der Waals surface area contributed by atoms with Crippen molar-refractivity contribution in [3.8, 4) is 0 Å². The smallest absolute Gasteiger partial charge is 0.305 e. The molecule has 2 rings (SSSR count). The number of thioether (sulfide) groups is 1. The van der Waals surface area contributed by atoms with E-state index in [0.717, 1.165) is 9.77 Å². The molecule has 0 spiro atoms. The molecule has 0 bridgehead atoms. The van der Waals surface area contributed by atoms with Gasteiger partial charge in [0.15, 0.2) is 5.78 Å². The molecule has 0 N–H and O–H groups in total. The highest BCUT2D eigenvalue weighted by molar-refractivity contribution is 8.01. The zero-order chi connectivity index (χ0) is 11.5. The Morgan fingerprint density at radius 2 is 2.44 bits per heavy atom. The summed E-state index contributed by atoms with van der Waals surface area (Å²) in [5.74, 6) is -0.00473. The minimum atomic E-state index is -0.204. The van der Waals surface area contributed by atoms with Gasteiger partial charge in [-0.05, 0) is 17.9 Å². The summed E-state index contributed by atoms with van der Waals surface area (Å²) in [7, 11) is 1.39. The average molecular weight is 256 g/mol. The number of rotatable bonds is 3. The Hall–Kier alpha value is -0.810. The molecule has 1 atom stereocenters. The molecule has 0 saturated heterocycles. The molecule has 16 heavy (non-hydrogen) atoms. The van der Waals surface area contributed by atoms with Crippen LogP contribution in [0.4, 0.5) is 0 Å². The second-order valence-electron chi connectivity index (χ2n) is 3.60. The van der Waals surface area contributed by atoms with Gasteiger partial charge in [-0.1, -0.05) is 0 Å². The van der Waals surface area contributed by atoms with Gasteiger partial charge in [-0.2, -0.15) is 0 Å². The minimum absolute atomic E-state index is 0.199. The van der Waals surface area contributed by atoms with Crippen molar-refractivity contribution in [2.24, 2.45) is 0 Å². The molecule has 0 amide bonds. The molecule has 1 aliphatic heterocycles. The highest BCUT2D eigenvalue weighted by Crippen LogP contribution is 2.40. The number of hydrogen-bond donors (Lipinski definition) is 0. The first-order valence-electron chi connectivity index (χ1n) is 5.05. The molecule has 1 unspecified atom stereocenters. The van der Waals surface area contributed by atoms with Crippen LogP contribution in [0.3, 0.4) is 0 Å². The van der Waals surface area contributed by atoms with Crippen molar-refractivity contribution in [1.29, 1.82) is 0 Å². The Morgan fingerprint density at radius 3 is 3.19 bits per heavy atom. The second-order valence-corrected chi connectivity index (χ2v) is 6.09. The van der Waals surface area contributed by atoms with Gasteiger partial charge in [-0.3, -0.25) is 9.59 Å². The third-order valence-electron chi connectivity index (χ3n) is 2.51. The summed E-state index contributed by atoms with van der Waals surface area (Å²) in [4.78, 5) is 22.8. The van der Waals surface area contributed by atoms with Crippen LogP contribution in [0.1, 0.15) is 29.6 Å². The molecule has 0 aromatic carbocycles. The number of fused-ring (bicyclic) bond motifs is 1. The van der Waals surface area contributed by atoms with E-state index in [4.69, 9.17) is 0 Å². The van der Waals surface area contributed by atoms with Crippen LogP contribution in [0.25, 0.3) is 0 Å². The van der Waals surface area contributed by atoms with E-state index in [9.17, 15) is 9.59 Å². The lowest BCUT2D eigenvalue weighted by atomic mass is 10.1. The fraction of sp³-hybridized carbons (Fsp3) is 0.455. The number of ketones is 1. The predicted octanol–water partition coefficient (Wildman–Crippen LogP) is 2.75. The Balaban J connectivity index is 1.96. The maximum Gasteiger partial charge on any atom is 0.305 e. The third-order valence-corrected chi connectivity index (χ3v) is 4.97. The molecular weight excluding hydrogens is 244 g/mol. The lowest BCUT2D eigenvalue weighted by Crippen LogP contribution is -2.17. The molecule has 2 heterocycles. The zero-order valence-electron chi connectivity index (χ0n) is 8.89. The first-order valence-corrected chi connectivity index (χ1v) is 6.81. The SMILES string of the molecule is COC(=O)CCC1CC(=O)c2ccsc2S1. The molecule has 5 heteroatoms. The summed E-state index contributed by atoms with van der Waals surface area (Å²) in [5, 5.41) is 2.16. The topological polar surface area (TPSA) is 43.4 Å². The van der Waals surface area contributed by atoms with Gasteiger partial charge < -0.3 is 4.74 Å². The van der Waals surface area contributed by atoms with Gasteiger partial charge in [0.1, 0.15) is 0 Å². The number of thiophene rings is 1. The first kappa shape index (κ1) is 11.7. The summed E-state index contributed by atoms with van der Waals surface area (Å²) in [6, 6.07) is 1.88. The molecule has 1 aromatic heterocycles. The Morgan fingerprint density at radius 1 is 1.62 bits per heavy atom. The van der Waals surface area contributed by atoms with Crippen molar-refractivity contribution >= 4 is 34.9 Å². The van der Waals surface area contributed by atoms with E-state index in [0.29, 0.717) is 19.3 Å². The van der Waals surface area contributed by atoms with E-state index < -0.39 is 0 Å². The summed E-state index contributed by atoms with van der Waals surface area (Å²) >= 11 is 3.31. The van der Waals surface area contributed by atoms with E-state index in [1.54, 1.807) is 23.1 Å². The van der Waals surface area contributed by atoms with Gasteiger partial charge in [0.2, 0.25) is 0 Å². The van der Waals surface area contributed by atoms with Crippen LogP contribution in [0.15, 0.2) is 15.7 Å². The van der Waals surface area contributed by atoms with Crippen molar-refractivity contribution < 1.29 is 14.3 Å². The van der Waals surface area contributed by atoms with Crippen LogP contribution >= 0.6 is 23.1 Å². The monoisotopic (exact) mass is 256 g/mol. The van der Waals surface area contributed by atoms with Gasteiger partial charge in [-0.15, -0.1) is 23.1 Å². The Kier molecular flexibility index (Phi) is 3.66. The van der Waals surface area contributed by atoms with Gasteiger partial charge in [0.05, 0.1) is 11.3 Å². The lowest BCUT2D eigenvalue weighted by Gasteiger charge is -2.19. The fourth-order valence-corrected chi connectivity index (χ4v) is 4.16. The molecule has 1 aromatic rings. The van der Waals surface area contributed by atoms with Gasteiger partial charge in [0, 0.05) is 23.7 Å². The van der Waals surface area contributed by atoms with E-state index in [1.807, 2.05) is 11.4 Å². The average Bonchev–Trinajstić information content (AvgIpc) is 2.74. The van der Waals surface area contributed by atoms with E-state index in [-0.39, 0.29) is 17.0 Å². The van der Waals surface area contributed by atoms with Crippen LogP contribution in [0.5, 0.6) is 0 Å². The Bertz CT molecular complexity index is 411. The van der Waals surface area contributed by atoms with Crippen LogP contribution in [0, 0.1) is 0 Å².